The van der Waals surface area contributed by atoms with Gasteiger partial charge in [-0.3, -0.25) is 20.0 Å². The first-order valence-electron chi connectivity index (χ1n) is 7.58. The second kappa shape index (κ2) is 7.04. The molecule has 2 aromatic rings. The van der Waals surface area contributed by atoms with Crippen molar-refractivity contribution in [2.45, 2.75) is 12.6 Å². The largest absolute Gasteiger partial charge is 0.497 e. The number of fused-ring (bicyclic) bond motifs is 1. The van der Waals surface area contributed by atoms with Crippen molar-refractivity contribution >= 4 is 18.3 Å². The Morgan fingerprint density at radius 3 is 3.04 bits per heavy atom. The number of aromatic amines is 1. The Hall–Kier alpha value is -3.36. The van der Waals surface area contributed by atoms with Gasteiger partial charge < -0.3 is 15.0 Å². The van der Waals surface area contributed by atoms with Gasteiger partial charge in [0.15, 0.2) is 0 Å². The minimum Gasteiger partial charge on any atom is -0.497 e. The topological polar surface area (TPSA) is 116 Å². The number of H-pyrrole nitrogens is 1. The van der Waals surface area contributed by atoms with E-state index in [0.29, 0.717) is 29.8 Å². The van der Waals surface area contributed by atoms with Crippen molar-refractivity contribution < 1.29 is 19.1 Å². The molecule has 3 N–H and O–H groups in total. The number of carbonyl (C=O) groups is 3. The number of amides is 4. The van der Waals surface area contributed by atoms with E-state index in [4.69, 9.17) is 4.74 Å². The van der Waals surface area contributed by atoms with E-state index in [1.54, 1.807) is 36.5 Å². The zero-order valence-corrected chi connectivity index (χ0v) is 13.5. The predicted octanol–water partition coefficient (Wildman–Crippen LogP) is 0.571. The number of aromatic nitrogens is 2. The first-order valence-corrected chi connectivity index (χ1v) is 7.58. The molecule has 0 aliphatic carbocycles. The molecule has 1 atom stereocenters. The molecule has 25 heavy (non-hydrogen) atoms. The Balaban J connectivity index is 1.77. The molecule has 0 saturated carbocycles. The Morgan fingerprint density at radius 1 is 1.52 bits per heavy atom. The van der Waals surface area contributed by atoms with Crippen LogP contribution in [0.25, 0.3) is 0 Å². The molecule has 9 heteroatoms. The van der Waals surface area contributed by atoms with Crippen LogP contribution < -0.4 is 15.4 Å². The van der Waals surface area contributed by atoms with Crippen LogP contribution in [0.5, 0.6) is 5.75 Å². The van der Waals surface area contributed by atoms with Crippen molar-refractivity contribution in [1.82, 2.24) is 25.7 Å². The highest BCUT2D eigenvalue weighted by atomic mass is 16.5. The van der Waals surface area contributed by atoms with E-state index in [2.05, 4.69) is 15.5 Å². The third-order valence-corrected chi connectivity index (χ3v) is 4.02. The van der Waals surface area contributed by atoms with Gasteiger partial charge in [-0.15, -0.1) is 0 Å². The Morgan fingerprint density at radius 2 is 2.36 bits per heavy atom. The van der Waals surface area contributed by atoms with Crippen LogP contribution in [-0.4, -0.2) is 47.1 Å². The molecule has 1 aliphatic heterocycles. The van der Waals surface area contributed by atoms with Crippen molar-refractivity contribution in [2.75, 3.05) is 13.7 Å². The van der Waals surface area contributed by atoms with Crippen molar-refractivity contribution in [2.24, 2.45) is 0 Å². The molecule has 0 unspecified atom stereocenters. The van der Waals surface area contributed by atoms with E-state index < -0.39 is 12.1 Å². The molecule has 1 aromatic heterocycles. The molecule has 0 spiro atoms. The van der Waals surface area contributed by atoms with Gasteiger partial charge in [0, 0.05) is 30.4 Å². The number of nitrogens with zero attached hydrogens (tertiary/aromatic N) is 2. The monoisotopic (exact) mass is 343 g/mol. The molecule has 1 aromatic carbocycles. The van der Waals surface area contributed by atoms with E-state index in [1.807, 2.05) is 11.4 Å². The van der Waals surface area contributed by atoms with Gasteiger partial charge in [0.1, 0.15) is 5.75 Å². The number of rotatable bonds is 6. The smallest absolute Gasteiger partial charge is 0.321 e. The SMILES string of the molecule is COc1ccc2c(c1)C(=O)N(C[C@H](NC(=O)NC=O)c1cn[nH]c1)C2. The van der Waals surface area contributed by atoms with E-state index in [9.17, 15) is 14.4 Å². The van der Waals surface area contributed by atoms with Crippen LogP contribution in [0.4, 0.5) is 4.79 Å². The summed E-state index contributed by atoms with van der Waals surface area (Å²) in [5.41, 5.74) is 2.18. The number of hydrogen-bond acceptors (Lipinski definition) is 5. The highest BCUT2D eigenvalue weighted by molar-refractivity contribution is 5.98. The van der Waals surface area contributed by atoms with E-state index in [0.717, 1.165) is 5.56 Å². The van der Waals surface area contributed by atoms with Crippen LogP contribution >= 0.6 is 0 Å². The number of imide groups is 1. The van der Waals surface area contributed by atoms with Crippen LogP contribution in [0.1, 0.15) is 27.5 Å². The Labute approximate surface area is 143 Å². The lowest BCUT2D eigenvalue weighted by atomic mass is 10.1. The molecule has 4 amide bonds. The summed E-state index contributed by atoms with van der Waals surface area (Å²) < 4.78 is 5.16. The molecule has 0 fully saturated rings. The number of hydrogen-bond donors (Lipinski definition) is 3. The molecule has 9 nitrogen and oxygen atoms in total. The first kappa shape index (κ1) is 16.5. The van der Waals surface area contributed by atoms with Gasteiger partial charge in [0.05, 0.1) is 19.3 Å². The number of methoxy groups -OCH3 is 1. The summed E-state index contributed by atoms with van der Waals surface area (Å²) in [5.74, 6) is 0.476. The van der Waals surface area contributed by atoms with Gasteiger partial charge in [-0.2, -0.15) is 5.10 Å². The molecule has 3 rings (SSSR count). The van der Waals surface area contributed by atoms with Gasteiger partial charge in [-0.05, 0) is 17.7 Å². The molecule has 0 bridgehead atoms. The van der Waals surface area contributed by atoms with E-state index in [1.165, 1.54) is 0 Å². The summed E-state index contributed by atoms with van der Waals surface area (Å²) in [5, 5.41) is 11.2. The summed E-state index contributed by atoms with van der Waals surface area (Å²) in [4.78, 5) is 36.4. The maximum atomic E-state index is 12.6. The van der Waals surface area contributed by atoms with Crippen LogP contribution in [0.15, 0.2) is 30.6 Å². The lowest BCUT2D eigenvalue weighted by Gasteiger charge is -2.23. The number of nitrogens with one attached hydrogen (secondary N) is 3. The quantitative estimate of drug-likeness (QED) is 0.663. The Kier molecular flexibility index (Phi) is 4.64. The highest BCUT2D eigenvalue weighted by Crippen LogP contribution is 2.28. The van der Waals surface area contributed by atoms with Gasteiger partial charge in [-0.1, -0.05) is 6.07 Å². The third-order valence-electron chi connectivity index (χ3n) is 4.02. The average Bonchev–Trinajstić information content (AvgIpc) is 3.23. The van der Waals surface area contributed by atoms with Crippen LogP contribution in [0.3, 0.4) is 0 Å². The first-order chi connectivity index (χ1) is 12.1. The molecule has 2 heterocycles. The minimum absolute atomic E-state index is 0.139. The number of ether oxygens (including phenoxy) is 1. The maximum Gasteiger partial charge on any atom is 0.321 e. The fraction of sp³-hybridized carbons (Fsp3) is 0.250. The van der Waals surface area contributed by atoms with Crippen molar-refractivity contribution in [1.29, 1.82) is 0 Å². The second-order valence-corrected chi connectivity index (χ2v) is 5.53. The van der Waals surface area contributed by atoms with Crippen LogP contribution in [-0.2, 0) is 11.3 Å². The van der Waals surface area contributed by atoms with Gasteiger partial charge in [0.25, 0.3) is 5.91 Å². The summed E-state index contributed by atoms with van der Waals surface area (Å²) in [6.07, 6.45) is 3.48. The fourth-order valence-corrected chi connectivity index (χ4v) is 2.77. The molecular formula is C16H17N5O4. The van der Waals surface area contributed by atoms with Crippen molar-refractivity contribution in [3.63, 3.8) is 0 Å². The lowest BCUT2D eigenvalue weighted by molar-refractivity contribution is -0.108. The molecule has 0 saturated heterocycles. The van der Waals surface area contributed by atoms with Gasteiger partial charge in [-0.25, -0.2) is 4.79 Å². The molecule has 130 valence electrons. The van der Waals surface area contributed by atoms with Crippen molar-refractivity contribution in [3.8, 4) is 5.75 Å². The normalized spacial score (nSPS) is 14.0. The standard InChI is InChI=1S/C16H17N5O4/c1-25-12-3-2-10-7-21(15(23)13(10)4-12)8-14(11-5-18-19-6-11)20-16(24)17-9-22/h2-6,9,14H,7-8H2,1H3,(H,18,19)(H2,17,20,22,24)/t14-/m0/s1. The average molecular weight is 343 g/mol. The molecule has 1 aliphatic rings. The zero-order chi connectivity index (χ0) is 17.8. The van der Waals surface area contributed by atoms with Crippen molar-refractivity contribution in [3.05, 3.63) is 47.3 Å². The molecule has 0 radical (unpaired) electrons. The van der Waals surface area contributed by atoms with Crippen LogP contribution in [0, 0.1) is 0 Å². The Bertz CT molecular complexity index is 790. The van der Waals surface area contributed by atoms with E-state index in [-0.39, 0.29) is 12.5 Å². The summed E-state index contributed by atoms with van der Waals surface area (Å²) in [6.45, 7) is 0.672. The van der Waals surface area contributed by atoms with Gasteiger partial charge in [0.2, 0.25) is 6.41 Å². The summed E-state index contributed by atoms with van der Waals surface area (Å²) in [7, 11) is 1.55. The number of benzene rings is 1. The van der Waals surface area contributed by atoms with Crippen LogP contribution in [0.2, 0.25) is 0 Å². The second-order valence-electron chi connectivity index (χ2n) is 5.53. The maximum absolute atomic E-state index is 12.6. The predicted molar refractivity (Wildman–Crippen MR) is 86.8 cm³/mol. The third kappa shape index (κ3) is 3.44. The fourth-order valence-electron chi connectivity index (χ4n) is 2.77. The van der Waals surface area contributed by atoms with Gasteiger partial charge >= 0.3 is 6.03 Å². The molecular weight excluding hydrogens is 326 g/mol. The minimum atomic E-state index is -0.646. The lowest BCUT2D eigenvalue weighted by Crippen LogP contribution is -2.42. The van der Waals surface area contributed by atoms with E-state index >= 15 is 0 Å². The number of urea groups is 1. The summed E-state index contributed by atoms with van der Waals surface area (Å²) in [6, 6.07) is 4.20. The zero-order valence-electron chi connectivity index (χ0n) is 13.5. The number of carbonyl (C=O) groups excluding carboxylic acids is 3. The summed E-state index contributed by atoms with van der Waals surface area (Å²) >= 11 is 0. The highest BCUT2D eigenvalue weighted by Gasteiger charge is 2.30.